The Morgan fingerprint density at radius 3 is 3.00 bits per heavy atom. The van der Waals surface area contributed by atoms with Gasteiger partial charge in [-0.25, -0.2) is 4.98 Å². The maximum Gasteiger partial charge on any atom is 0.169 e. The molecule has 0 amide bonds. The molecule has 0 radical (unpaired) electrons. The number of benzene rings is 1. The zero-order valence-electron chi connectivity index (χ0n) is 11.1. The summed E-state index contributed by atoms with van der Waals surface area (Å²) in [6.45, 7) is 5.00. The van der Waals surface area contributed by atoms with Gasteiger partial charge in [0.2, 0.25) is 0 Å². The van der Waals surface area contributed by atoms with Crippen LogP contribution in [0.4, 0.5) is 5.69 Å². The predicted molar refractivity (Wildman–Crippen MR) is 78.3 cm³/mol. The summed E-state index contributed by atoms with van der Waals surface area (Å²) in [4.78, 5) is 17.9. The number of aromatic nitrogens is 1. The summed E-state index contributed by atoms with van der Waals surface area (Å²) < 4.78 is 0. The van der Waals surface area contributed by atoms with Crippen LogP contribution in [0, 0.1) is 13.8 Å². The minimum Gasteiger partial charge on any atom is -0.384 e. The van der Waals surface area contributed by atoms with Crippen molar-refractivity contribution in [3.8, 4) is 0 Å². The average molecular weight is 272 g/mol. The van der Waals surface area contributed by atoms with E-state index in [-0.39, 0.29) is 5.78 Å². The SMILES string of the molecule is Cc1nc(CC(=O)c2ccc3c(c2)CCN3)sc1C. The third-order valence-electron chi connectivity index (χ3n) is 3.52. The molecule has 0 saturated heterocycles. The third kappa shape index (κ3) is 2.40. The van der Waals surface area contributed by atoms with Gasteiger partial charge < -0.3 is 5.32 Å². The van der Waals surface area contributed by atoms with Gasteiger partial charge in [0.1, 0.15) is 5.01 Å². The Kier molecular flexibility index (Phi) is 3.11. The van der Waals surface area contributed by atoms with Crippen molar-refractivity contribution < 1.29 is 4.79 Å². The molecule has 0 bridgehead atoms. The highest BCUT2D eigenvalue weighted by Crippen LogP contribution is 2.24. The van der Waals surface area contributed by atoms with Crippen LogP contribution in [0.5, 0.6) is 0 Å². The van der Waals surface area contributed by atoms with Crippen LogP contribution in [-0.4, -0.2) is 17.3 Å². The quantitative estimate of drug-likeness (QED) is 0.873. The van der Waals surface area contributed by atoms with E-state index in [2.05, 4.69) is 10.3 Å². The summed E-state index contributed by atoms with van der Waals surface area (Å²) in [5.74, 6) is 0.156. The number of hydrogen-bond acceptors (Lipinski definition) is 4. The number of thiazole rings is 1. The second-order valence-electron chi connectivity index (χ2n) is 4.90. The minimum absolute atomic E-state index is 0.156. The number of carbonyl (C=O) groups is 1. The number of nitrogens with zero attached hydrogens (tertiary/aromatic N) is 1. The summed E-state index contributed by atoms with van der Waals surface area (Å²) in [7, 11) is 0. The Morgan fingerprint density at radius 1 is 1.42 bits per heavy atom. The van der Waals surface area contributed by atoms with Gasteiger partial charge in [-0.1, -0.05) is 0 Å². The predicted octanol–water partition coefficient (Wildman–Crippen LogP) is 3.15. The van der Waals surface area contributed by atoms with Crippen LogP contribution in [-0.2, 0) is 12.8 Å². The van der Waals surface area contributed by atoms with Crippen LogP contribution < -0.4 is 5.32 Å². The van der Waals surface area contributed by atoms with Crippen LogP contribution in [0.25, 0.3) is 0 Å². The van der Waals surface area contributed by atoms with Gasteiger partial charge in [0.05, 0.1) is 12.1 Å². The van der Waals surface area contributed by atoms with Crippen molar-refractivity contribution in [2.24, 2.45) is 0 Å². The van der Waals surface area contributed by atoms with Crippen LogP contribution in [0.3, 0.4) is 0 Å². The van der Waals surface area contributed by atoms with Crippen molar-refractivity contribution in [2.45, 2.75) is 26.7 Å². The molecule has 3 rings (SSSR count). The summed E-state index contributed by atoms with van der Waals surface area (Å²) in [6, 6.07) is 5.94. The van der Waals surface area contributed by atoms with E-state index in [0.717, 1.165) is 34.9 Å². The van der Waals surface area contributed by atoms with E-state index in [9.17, 15) is 4.79 Å². The number of rotatable bonds is 3. The van der Waals surface area contributed by atoms with Crippen LogP contribution >= 0.6 is 11.3 Å². The summed E-state index contributed by atoms with van der Waals surface area (Å²) >= 11 is 1.62. The number of carbonyl (C=O) groups excluding carboxylic acids is 1. The fraction of sp³-hybridized carbons (Fsp3) is 0.333. The molecule has 1 N–H and O–H groups in total. The number of anilines is 1. The molecule has 2 aromatic rings. The molecule has 1 aromatic carbocycles. The summed E-state index contributed by atoms with van der Waals surface area (Å²) in [6.07, 6.45) is 1.41. The smallest absolute Gasteiger partial charge is 0.169 e. The Labute approximate surface area is 116 Å². The number of fused-ring (bicyclic) bond motifs is 1. The van der Waals surface area contributed by atoms with E-state index in [1.165, 1.54) is 10.4 Å². The lowest BCUT2D eigenvalue weighted by Crippen LogP contribution is -2.03. The van der Waals surface area contributed by atoms with Gasteiger partial charge in [-0.05, 0) is 44.0 Å². The molecule has 1 aliphatic heterocycles. The van der Waals surface area contributed by atoms with E-state index in [1.54, 1.807) is 11.3 Å². The third-order valence-corrected chi connectivity index (χ3v) is 4.59. The molecule has 98 valence electrons. The second-order valence-corrected chi connectivity index (χ2v) is 6.19. The number of aryl methyl sites for hydroxylation is 2. The molecule has 1 aromatic heterocycles. The van der Waals surface area contributed by atoms with E-state index >= 15 is 0 Å². The van der Waals surface area contributed by atoms with Crippen molar-refractivity contribution >= 4 is 22.8 Å². The largest absolute Gasteiger partial charge is 0.384 e. The molecule has 4 heteroatoms. The molecule has 2 heterocycles. The fourth-order valence-electron chi connectivity index (χ4n) is 2.33. The van der Waals surface area contributed by atoms with Gasteiger partial charge in [0.15, 0.2) is 5.78 Å². The zero-order valence-corrected chi connectivity index (χ0v) is 11.9. The topological polar surface area (TPSA) is 42.0 Å². The van der Waals surface area contributed by atoms with Crippen molar-refractivity contribution in [3.05, 3.63) is 44.9 Å². The maximum absolute atomic E-state index is 12.3. The molecule has 0 aliphatic carbocycles. The zero-order chi connectivity index (χ0) is 13.4. The highest BCUT2D eigenvalue weighted by molar-refractivity contribution is 7.11. The molecule has 0 fully saturated rings. The first-order valence-corrected chi connectivity index (χ1v) is 7.28. The first kappa shape index (κ1) is 12.4. The Hall–Kier alpha value is -1.68. The van der Waals surface area contributed by atoms with E-state index < -0.39 is 0 Å². The summed E-state index contributed by atoms with van der Waals surface area (Å²) in [5, 5.41) is 4.22. The second kappa shape index (κ2) is 4.78. The number of hydrogen-bond donors (Lipinski definition) is 1. The molecule has 3 nitrogen and oxygen atoms in total. The molecule has 0 spiro atoms. The van der Waals surface area contributed by atoms with Gasteiger partial charge in [-0.2, -0.15) is 0 Å². The van der Waals surface area contributed by atoms with E-state index in [0.29, 0.717) is 6.42 Å². The number of nitrogens with one attached hydrogen (secondary N) is 1. The molecule has 0 atom stereocenters. The molecule has 19 heavy (non-hydrogen) atoms. The van der Waals surface area contributed by atoms with Crippen molar-refractivity contribution in [1.29, 1.82) is 0 Å². The lowest BCUT2D eigenvalue weighted by atomic mass is 10.0. The minimum atomic E-state index is 0.156. The van der Waals surface area contributed by atoms with E-state index in [1.807, 2.05) is 32.0 Å². The first-order valence-electron chi connectivity index (χ1n) is 6.46. The number of Topliss-reactive ketones (excluding diaryl/α,β-unsaturated/α-hetero) is 1. The molecule has 0 unspecified atom stereocenters. The lowest BCUT2D eigenvalue weighted by Gasteiger charge is -2.03. The normalized spacial score (nSPS) is 13.2. The highest BCUT2D eigenvalue weighted by atomic mass is 32.1. The van der Waals surface area contributed by atoms with Crippen molar-refractivity contribution in [1.82, 2.24) is 4.98 Å². The van der Waals surface area contributed by atoms with Gasteiger partial charge in [0, 0.05) is 22.7 Å². The highest BCUT2D eigenvalue weighted by Gasteiger charge is 2.15. The van der Waals surface area contributed by atoms with Gasteiger partial charge in [-0.3, -0.25) is 4.79 Å². The molecular weight excluding hydrogens is 256 g/mol. The fourth-order valence-corrected chi connectivity index (χ4v) is 3.27. The molecule has 0 saturated carbocycles. The summed E-state index contributed by atoms with van der Waals surface area (Å²) in [5.41, 5.74) is 4.24. The van der Waals surface area contributed by atoms with Gasteiger partial charge in [0.25, 0.3) is 0 Å². The standard InChI is InChI=1S/C15H16N2OS/c1-9-10(2)19-15(17-9)8-14(18)12-3-4-13-11(7-12)5-6-16-13/h3-4,7,16H,5-6,8H2,1-2H3. The first-order chi connectivity index (χ1) is 9.13. The van der Waals surface area contributed by atoms with Gasteiger partial charge in [-0.15, -0.1) is 11.3 Å². The Bertz CT molecular complexity index is 626. The van der Waals surface area contributed by atoms with Crippen molar-refractivity contribution in [3.63, 3.8) is 0 Å². The maximum atomic E-state index is 12.3. The Balaban J connectivity index is 1.80. The van der Waals surface area contributed by atoms with Gasteiger partial charge >= 0.3 is 0 Å². The van der Waals surface area contributed by atoms with Crippen LogP contribution in [0.1, 0.15) is 31.5 Å². The van der Waals surface area contributed by atoms with Crippen LogP contribution in [0.15, 0.2) is 18.2 Å². The Morgan fingerprint density at radius 2 is 2.26 bits per heavy atom. The molecule has 1 aliphatic rings. The number of ketones is 1. The average Bonchev–Trinajstić information content (AvgIpc) is 2.96. The monoisotopic (exact) mass is 272 g/mol. The van der Waals surface area contributed by atoms with Crippen molar-refractivity contribution in [2.75, 3.05) is 11.9 Å². The lowest BCUT2D eigenvalue weighted by molar-refractivity contribution is 0.0993. The van der Waals surface area contributed by atoms with E-state index in [4.69, 9.17) is 0 Å². The van der Waals surface area contributed by atoms with Crippen LogP contribution in [0.2, 0.25) is 0 Å². The molecular formula is C15H16N2OS.